The molecule has 0 fully saturated rings. The van der Waals surface area contributed by atoms with Crippen LogP contribution >= 0.6 is 0 Å². The van der Waals surface area contributed by atoms with Gasteiger partial charge in [-0.2, -0.15) is 4.98 Å². The van der Waals surface area contributed by atoms with E-state index in [1.807, 2.05) is 37.3 Å². The minimum atomic E-state index is -0.385. The molecule has 0 saturated carbocycles. The van der Waals surface area contributed by atoms with Crippen molar-refractivity contribution < 1.29 is 14.1 Å². The van der Waals surface area contributed by atoms with Crippen LogP contribution in [-0.2, 0) is 35.8 Å². The van der Waals surface area contributed by atoms with Crippen molar-refractivity contribution in [1.82, 2.24) is 29.8 Å². The Kier molecular flexibility index (Phi) is 5.77. The molecule has 1 amide bonds. The van der Waals surface area contributed by atoms with Gasteiger partial charge in [0.15, 0.2) is 11.6 Å². The maximum absolute atomic E-state index is 12.5. The topological polar surface area (TPSA) is 117 Å². The van der Waals surface area contributed by atoms with E-state index in [1.165, 1.54) is 11.7 Å². The summed E-state index contributed by atoms with van der Waals surface area (Å²) in [5.41, 5.74) is 0.471. The summed E-state index contributed by atoms with van der Waals surface area (Å²) in [6, 6.07) is 9.36. The molecule has 0 bridgehead atoms. The fourth-order valence-electron chi connectivity index (χ4n) is 2.55. The molecule has 3 rings (SSSR count). The Morgan fingerprint density at radius 2 is 2.07 bits per heavy atom. The standard InChI is InChI=1S/C17H20N6O4/c1-3-22-16(12-7-5-4-6-8-12)20-23(17(22)25)10-14(24)18-9-15-19-13(11-26-2)21-27-15/h4-8H,3,9-11H2,1-2H3,(H,18,24). The van der Waals surface area contributed by atoms with Crippen LogP contribution in [0.5, 0.6) is 0 Å². The van der Waals surface area contributed by atoms with E-state index >= 15 is 0 Å². The number of ether oxygens (including phenoxy) is 1. The van der Waals surface area contributed by atoms with Crippen molar-refractivity contribution in [2.45, 2.75) is 33.2 Å². The van der Waals surface area contributed by atoms with Crippen LogP contribution in [0.25, 0.3) is 11.4 Å². The molecule has 0 unspecified atom stereocenters. The summed E-state index contributed by atoms with van der Waals surface area (Å²) >= 11 is 0. The predicted octanol–water partition coefficient (Wildman–Crippen LogP) is 0.577. The van der Waals surface area contributed by atoms with Gasteiger partial charge in [-0.05, 0) is 6.92 Å². The monoisotopic (exact) mass is 372 g/mol. The van der Waals surface area contributed by atoms with Crippen molar-refractivity contribution in [3.63, 3.8) is 0 Å². The fraction of sp³-hybridized carbons (Fsp3) is 0.353. The lowest BCUT2D eigenvalue weighted by Gasteiger charge is -2.01. The number of nitrogens with zero attached hydrogens (tertiary/aromatic N) is 5. The summed E-state index contributed by atoms with van der Waals surface area (Å²) in [7, 11) is 1.52. The second-order valence-electron chi connectivity index (χ2n) is 5.69. The van der Waals surface area contributed by atoms with Crippen LogP contribution < -0.4 is 11.0 Å². The lowest BCUT2D eigenvalue weighted by Crippen LogP contribution is -2.33. The van der Waals surface area contributed by atoms with Gasteiger partial charge in [0, 0.05) is 19.2 Å². The zero-order chi connectivity index (χ0) is 19.2. The molecule has 0 aliphatic heterocycles. The quantitative estimate of drug-likeness (QED) is 0.614. The number of amides is 1. The molecule has 142 valence electrons. The highest BCUT2D eigenvalue weighted by molar-refractivity contribution is 5.75. The molecule has 0 atom stereocenters. The van der Waals surface area contributed by atoms with E-state index in [9.17, 15) is 9.59 Å². The number of hydrogen-bond donors (Lipinski definition) is 1. The third-order valence-electron chi connectivity index (χ3n) is 3.78. The smallest absolute Gasteiger partial charge is 0.346 e. The average Bonchev–Trinajstić information content (AvgIpc) is 3.25. The Balaban J connectivity index is 1.68. The van der Waals surface area contributed by atoms with Gasteiger partial charge in [-0.15, -0.1) is 5.10 Å². The fourth-order valence-corrected chi connectivity index (χ4v) is 2.55. The van der Waals surface area contributed by atoms with Crippen molar-refractivity contribution in [3.8, 4) is 11.4 Å². The summed E-state index contributed by atoms with van der Waals surface area (Å²) in [4.78, 5) is 28.8. The maximum Gasteiger partial charge on any atom is 0.346 e. The van der Waals surface area contributed by atoms with Gasteiger partial charge in [0.25, 0.3) is 0 Å². The van der Waals surface area contributed by atoms with Crippen molar-refractivity contribution in [2.75, 3.05) is 7.11 Å². The van der Waals surface area contributed by atoms with Gasteiger partial charge < -0.3 is 14.6 Å². The zero-order valence-electron chi connectivity index (χ0n) is 15.1. The van der Waals surface area contributed by atoms with Crippen LogP contribution in [0.1, 0.15) is 18.6 Å². The highest BCUT2D eigenvalue weighted by Crippen LogP contribution is 2.14. The number of carbonyl (C=O) groups excluding carboxylic acids is 1. The van der Waals surface area contributed by atoms with Crippen molar-refractivity contribution in [3.05, 3.63) is 52.5 Å². The highest BCUT2D eigenvalue weighted by atomic mass is 16.5. The van der Waals surface area contributed by atoms with E-state index in [2.05, 4.69) is 20.6 Å². The number of methoxy groups -OCH3 is 1. The molecule has 27 heavy (non-hydrogen) atoms. The van der Waals surface area contributed by atoms with E-state index in [4.69, 9.17) is 9.26 Å². The first-order valence-corrected chi connectivity index (χ1v) is 8.42. The van der Waals surface area contributed by atoms with E-state index < -0.39 is 0 Å². The Labute approximate surface area is 154 Å². The Bertz CT molecular complexity index is 959. The van der Waals surface area contributed by atoms with Crippen molar-refractivity contribution >= 4 is 5.91 Å². The van der Waals surface area contributed by atoms with Crippen LogP contribution in [0.4, 0.5) is 0 Å². The van der Waals surface area contributed by atoms with E-state index in [0.717, 1.165) is 10.2 Å². The van der Waals surface area contributed by atoms with Crippen LogP contribution in [0, 0.1) is 0 Å². The first-order chi connectivity index (χ1) is 13.1. The molecule has 0 radical (unpaired) electrons. The van der Waals surface area contributed by atoms with Gasteiger partial charge in [0.2, 0.25) is 11.8 Å². The minimum Gasteiger partial charge on any atom is -0.377 e. The molecule has 1 aromatic carbocycles. The Hall–Kier alpha value is -3.27. The summed E-state index contributed by atoms with van der Waals surface area (Å²) in [6.07, 6.45) is 0. The van der Waals surface area contributed by atoms with Gasteiger partial charge in [-0.1, -0.05) is 35.5 Å². The molecule has 1 N–H and O–H groups in total. The van der Waals surface area contributed by atoms with Crippen LogP contribution in [0.15, 0.2) is 39.6 Å². The highest BCUT2D eigenvalue weighted by Gasteiger charge is 2.16. The molecular weight excluding hydrogens is 352 g/mol. The largest absolute Gasteiger partial charge is 0.377 e. The lowest BCUT2D eigenvalue weighted by atomic mass is 10.2. The molecule has 10 nitrogen and oxygen atoms in total. The first kappa shape index (κ1) is 18.5. The Morgan fingerprint density at radius 3 is 2.78 bits per heavy atom. The minimum absolute atomic E-state index is 0.0598. The number of nitrogens with one attached hydrogen (secondary N) is 1. The molecule has 0 aliphatic carbocycles. The van der Waals surface area contributed by atoms with Gasteiger partial charge in [0.1, 0.15) is 13.2 Å². The van der Waals surface area contributed by atoms with Crippen LogP contribution in [0.2, 0.25) is 0 Å². The predicted molar refractivity (Wildman–Crippen MR) is 94.5 cm³/mol. The van der Waals surface area contributed by atoms with Gasteiger partial charge in [0.05, 0.1) is 6.54 Å². The van der Waals surface area contributed by atoms with Gasteiger partial charge in [-0.25, -0.2) is 9.48 Å². The normalized spacial score (nSPS) is 10.9. The molecule has 10 heteroatoms. The second kappa shape index (κ2) is 8.41. The molecule has 3 aromatic rings. The molecule has 0 spiro atoms. The van der Waals surface area contributed by atoms with Crippen molar-refractivity contribution in [2.24, 2.45) is 0 Å². The maximum atomic E-state index is 12.5. The number of aromatic nitrogens is 5. The number of rotatable bonds is 8. The zero-order valence-corrected chi connectivity index (χ0v) is 15.1. The molecule has 2 aromatic heterocycles. The molecule has 2 heterocycles. The molecule has 0 aliphatic rings. The summed E-state index contributed by atoms with van der Waals surface area (Å²) < 4.78 is 12.6. The third kappa shape index (κ3) is 4.29. The number of carbonyl (C=O) groups is 1. The lowest BCUT2D eigenvalue weighted by molar-refractivity contribution is -0.122. The number of hydrogen-bond acceptors (Lipinski definition) is 7. The Morgan fingerprint density at radius 1 is 1.30 bits per heavy atom. The number of benzene rings is 1. The van der Waals surface area contributed by atoms with Crippen LogP contribution in [-0.4, -0.2) is 37.5 Å². The van der Waals surface area contributed by atoms with E-state index in [-0.39, 0.29) is 37.2 Å². The van der Waals surface area contributed by atoms with E-state index in [0.29, 0.717) is 18.2 Å². The van der Waals surface area contributed by atoms with Gasteiger partial charge in [-0.3, -0.25) is 9.36 Å². The summed E-state index contributed by atoms with van der Waals surface area (Å²) in [6.45, 7) is 2.39. The first-order valence-electron chi connectivity index (χ1n) is 8.42. The summed E-state index contributed by atoms with van der Waals surface area (Å²) in [5.74, 6) is 0.792. The van der Waals surface area contributed by atoms with E-state index in [1.54, 1.807) is 0 Å². The van der Waals surface area contributed by atoms with Crippen molar-refractivity contribution in [1.29, 1.82) is 0 Å². The SMILES string of the molecule is CCn1c(-c2ccccc2)nn(CC(=O)NCc2nc(COC)no2)c1=O. The average molecular weight is 372 g/mol. The third-order valence-corrected chi connectivity index (χ3v) is 3.78. The molecular formula is C17H20N6O4. The summed E-state index contributed by atoms with van der Waals surface area (Å²) in [5, 5.41) is 10.7. The second-order valence-corrected chi connectivity index (χ2v) is 5.69. The molecule has 0 saturated heterocycles. The van der Waals surface area contributed by atoms with Gasteiger partial charge >= 0.3 is 5.69 Å². The van der Waals surface area contributed by atoms with Crippen LogP contribution in [0.3, 0.4) is 0 Å².